The summed E-state index contributed by atoms with van der Waals surface area (Å²) in [5.41, 5.74) is 1.32. The lowest BCUT2D eigenvalue weighted by molar-refractivity contribution is 0.0585. The number of nitrogens with one attached hydrogen (secondary N) is 1. The molecule has 2 rings (SSSR count). The number of anilines is 1. The van der Waals surface area contributed by atoms with Crippen molar-refractivity contribution in [1.29, 1.82) is 0 Å². The van der Waals surface area contributed by atoms with Gasteiger partial charge in [0.1, 0.15) is 5.82 Å². The predicted molar refractivity (Wildman–Crippen MR) is 78.2 cm³/mol. The van der Waals surface area contributed by atoms with E-state index in [1.807, 2.05) is 13.2 Å². The zero-order valence-corrected chi connectivity index (χ0v) is 12.5. The van der Waals surface area contributed by atoms with Gasteiger partial charge < -0.3 is 5.32 Å². The smallest absolute Gasteiger partial charge is 0.144 e. The molecular weight excluding hydrogens is 238 g/mol. The van der Waals surface area contributed by atoms with E-state index in [4.69, 9.17) is 0 Å². The molecule has 5 heteroatoms. The van der Waals surface area contributed by atoms with Crippen molar-refractivity contribution in [3.63, 3.8) is 0 Å². The van der Waals surface area contributed by atoms with Gasteiger partial charge in [0.15, 0.2) is 0 Å². The van der Waals surface area contributed by atoms with E-state index in [1.165, 1.54) is 0 Å². The van der Waals surface area contributed by atoms with Crippen LogP contribution in [0.2, 0.25) is 0 Å². The lowest BCUT2D eigenvalue weighted by Gasteiger charge is -2.42. The molecular formula is C14H25N5. The van der Waals surface area contributed by atoms with Gasteiger partial charge in [-0.25, -0.2) is 4.98 Å². The van der Waals surface area contributed by atoms with Gasteiger partial charge in [0.05, 0.1) is 18.1 Å². The Labute approximate surface area is 116 Å². The first kappa shape index (κ1) is 14.2. The van der Waals surface area contributed by atoms with E-state index >= 15 is 0 Å². The number of hydrogen-bond acceptors (Lipinski definition) is 5. The van der Waals surface area contributed by atoms with Crippen LogP contribution in [0.4, 0.5) is 5.82 Å². The monoisotopic (exact) mass is 263 g/mol. The average Bonchev–Trinajstić information content (AvgIpc) is 2.39. The third-order valence-electron chi connectivity index (χ3n) is 3.67. The van der Waals surface area contributed by atoms with Crippen molar-refractivity contribution in [3.05, 3.63) is 18.1 Å². The van der Waals surface area contributed by atoms with Crippen LogP contribution in [0.3, 0.4) is 0 Å². The molecule has 0 amide bonds. The molecule has 1 fully saturated rings. The summed E-state index contributed by atoms with van der Waals surface area (Å²) in [6.45, 7) is 12.2. The Kier molecular flexibility index (Phi) is 4.37. The highest BCUT2D eigenvalue weighted by atomic mass is 15.3. The lowest BCUT2D eigenvalue weighted by Crippen LogP contribution is -2.53. The molecule has 0 aromatic carbocycles. The zero-order chi connectivity index (χ0) is 13.9. The first-order valence-corrected chi connectivity index (χ1v) is 6.95. The van der Waals surface area contributed by atoms with E-state index in [9.17, 15) is 0 Å². The highest BCUT2D eigenvalue weighted by molar-refractivity contribution is 5.29. The van der Waals surface area contributed by atoms with Crippen molar-refractivity contribution in [2.24, 2.45) is 0 Å². The highest BCUT2D eigenvalue weighted by Crippen LogP contribution is 2.16. The number of aromatic nitrogens is 2. The molecule has 1 aliphatic heterocycles. The van der Waals surface area contributed by atoms with Crippen LogP contribution in [-0.2, 0) is 6.54 Å². The molecule has 1 N–H and O–H groups in total. The Hall–Kier alpha value is -1.20. The van der Waals surface area contributed by atoms with E-state index in [1.54, 1.807) is 6.20 Å². The van der Waals surface area contributed by atoms with E-state index in [-0.39, 0.29) is 5.54 Å². The summed E-state index contributed by atoms with van der Waals surface area (Å²) >= 11 is 0. The highest BCUT2D eigenvalue weighted by Gasteiger charge is 2.25. The molecule has 0 aliphatic carbocycles. The lowest BCUT2D eigenvalue weighted by atomic mass is 10.0. The molecule has 1 aliphatic rings. The van der Waals surface area contributed by atoms with Crippen LogP contribution in [0.5, 0.6) is 0 Å². The number of piperazine rings is 1. The van der Waals surface area contributed by atoms with Gasteiger partial charge in [-0.3, -0.25) is 14.8 Å². The van der Waals surface area contributed by atoms with Crippen molar-refractivity contribution in [2.45, 2.75) is 32.9 Å². The molecule has 0 saturated carbocycles. The van der Waals surface area contributed by atoms with Crippen LogP contribution in [-0.4, -0.2) is 58.5 Å². The molecule has 2 heterocycles. The minimum absolute atomic E-state index is 0.278. The molecule has 19 heavy (non-hydrogen) atoms. The van der Waals surface area contributed by atoms with Gasteiger partial charge in [-0.2, -0.15) is 0 Å². The molecule has 0 radical (unpaired) electrons. The summed E-state index contributed by atoms with van der Waals surface area (Å²) in [4.78, 5) is 13.7. The van der Waals surface area contributed by atoms with Crippen molar-refractivity contribution < 1.29 is 0 Å². The van der Waals surface area contributed by atoms with Gasteiger partial charge >= 0.3 is 0 Å². The Bertz CT molecular complexity index is 387. The molecule has 106 valence electrons. The summed E-state index contributed by atoms with van der Waals surface area (Å²) < 4.78 is 0. The molecule has 1 aromatic heterocycles. The quantitative estimate of drug-likeness (QED) is 0.894. The van der Waals surface area contributed by atoms with Gasteiger partial charge in [0.2, 0.25) is 0 Å². The summed E-state index contributed by atoms with van der Waals surface area (Å²) in [5.74, 6) is 0.821. The Morgan fingerprint density at radius 2 is 1.79 bits per heavy atom. The van der Waals surface area contributed by atoms with Crippen LogP contribution < -0.4 is 5.32 Å². The summed E-state index contributed by atoms with van der Waals surface area (Å²) in [6, 6.07) is 0. The SMILES string of the molecule is CNc1cnc(CN2CCN(C(C)(C)C)CC2)cn1. The standard InChI is InChI=1S/C14H25N5/c1-14(2,3)19-7-5-18(6-8-19)11-12-9-17-13(15-4)10-16-12/h9-10H,5-8,11H2,1-4H3,(H,15,17). The second kappa shape index (κ2) is 5.84. The minimum Gasteiger partial charge on any atom is -0.372 e. The van der Waals surface area contributed by atoms with E-state index < -0.39 is 0 Å². The number of rotatable bonds is 3. The second-order valence-electron chi connectivity index (χ2n) is 6.08. The molecule has 0 unspecified atom stereocenters. The number of hydrogen-bond donors (Lipinski definition) is 1. The molecule has 0 bridgehead atoms. The van der Waals surface area contributed by atoms with Crippen molar-refractivity contribution in [2.75, 3.05) is 38.5 Å². The molecule has 5 nitrogen and oxygen atoms in total. The molecule has 0 atom stereocenters. The maximum Gasteiger partial charge on any atom is 0.144 e. The van der Waals surface area contributed by atoms with E-state index in [0.29, 0.717) is 0 Å². The first-order chi connectivity index (χ1) is 8.99. The largest absolute Gasteiger partial charge is 0.372 e. The molecule has 1 saturated heterocycles. The third kappa shape index (κ3) is 3.88. The molecule has 0 spiro atoms. The predicted octanol–water partition coefficient (Wildman–Crippen LogP) is 1.43. The Balaban J connectivity index is 1.85. The fraction of sp³-hybridized carbons (Fsp3) is 0.714. The number of nitrogens with zero attached hydrogens (tertiary/aromatic N) is 4. The summed E-state index contributed by atoms with van der Waals surface area (Å²) in [7, 11) is 1.86. The minimum atomic E-state index is 0.278. The topological polar surface area (TPSA) is 44.3 Å². The van der Waals surface area contributed by atoms with Gasteiger partial charge in [-0.15, -0.1) is 0 Å². The average molecular weight is 263 g/mol. The zero-order valence-electron chi connectivity index (χ0n) is 12.5. The van der Waals surface area contributed by atoms with Crippen LogP contribution in [0, 0.1) is 0 Å². The van der Waals surface area contributed by atoms with Crippen LogP contribution in [0.15, 0.2) is 12.4 Å². The van der Waals surface area contributed by atoms with Crippen LogP contribution in [0.25, 0.3) is 0 Å². The van der Waals surface area contributed by atoms with Crippen molar-refractivity contribution in [1.82, 2.24) is 19.8 Å². The Morgan fingerprint density at radius 1 is 1.11 bits per heavy atom. The molecule has 1 aromatic rings. The summed E-state index contributed by atoms with van der Waals surface area (Å²) in [6.07, 6.45) is 3.66. The summed E-state index contributed by atoms with van der Waals surface area (Å²) in [5, 5.41) is 2.99. The maximum atomic E-state index is 4.43. The van der Waals surface area contributed by atoms with Crippen molar-refractivity contribution >= 4 is 5.82 Å². The van der Waals surface area contributed by atoms with Gasteiger partial charge in [0, 0.05) is 45.3 Å². The van der Waals surface area contributed by atoms with Gasteiger partial charge in [-0.1, -0.05) is 0 Å². The second-order valence-corrected chi connectivity index (χ2v) is 6.08. The first-order valence-electron chi connectivity index (χ1n) is 6.95. The van der Waals surface area contributed by atoms with Crippen LogP contribution >= 0.6 is 0 Å². The van der Waals surface area contributed by atoms with Crippen LogP contribution in [0.1, 0.15) is 26.5 Å². The Morgan fingerprint density at radius 3 is 2.26 bits per heavy atom. The van der Waals surface area contributed by atoms with Crippen molar-refractivity contribution in [3.8, 4) is 0 Å². The van der Waals surface area contributed by atoms with E-state index in [2.05, 4.69) is 45.9 Å². The fourth-order valence-corrected chi connectivity index (χ4v) is 2.37. The third-order valence-corrected chi connectivity index (χ3v) is 3.67. The normalized spacial score (nSPS) is 18.5. The fourth-order valence-electron chi connectivity index (χ4n) is 2.37. The maximum absolute atomic E-state index is 4.43. The van der Waals surface area contributed by atoms with E-state index in [0.717, 1.165) is 44.2 Å². The van der Waals surface area contributed by atoms with Gasteiger partial charge in [0.25, 0.3) is 0 Å². The van der Waals surface area contributed by atoms with Gasteiger partial charge in [-0.05, 0) is 20.8 Å².